The van der Waals surface area contributed by atoms with Crippen molar-refractivity contribution < 1.29 is 24.9 Å². The van der Waals surface area contributed by atoms with E-state index in [0.717, 1.165) is 0 Å². The molecule has 5 heteroatoms. The van der Waals surface area contributed by atoms with Crippen LogP contribution >= 0.6 is 0 Å². The van der Waals surface area contributed by atoms with Crippen molar-refractivity contribution in [2.75, 3.05) is 0 Å². The SMILES string of the molecule is CC(C)=C1OC(=O)[C@@H](O)[C@H](O)[C@@H]1O. The van der Waals surface area contributed by atoms with E-state index in [4.69, 9.17) is 5.11 Å². The van der Waals surface area contributed by atoms with E-state index < -0.39 is 24.3 Å². The van der Waals surface area contributed by atoms with Gasteiger partial charge in [0, 0.05) is 0 Å². The third-order valence-corrected chi connectivity index (χ3v) is 1.86. The predicted octanol–water partition coefficient (Wildman–Crippen LogP) is -1.08. The van der Waals surface area contributed by atoms with E-state index in [1.165, 1.54) is 0 Å². The fourth-order valence-corrected chi connectivity index (χ4v) is 1.09. The summed E-state index contributed by atoms with van der Waals surface area (Å²) in [6.07, 6.45) is -4.51. The first kappa shape index (κ1) is 10.2. The predicted molar refractivity (Wildman–Crippen MR) is 42.5 cm³/mol. The monoisotopic (exact) mass is 188 g/mol. The second-order valence-electron chi connectivity index (χ2n) is 3.17. The van der Waals surface area contributed by atoms with Crippen LogP contribution in [-0.4, -0.2) is 39.6 Å². The molecule has 1 rings (SSSR count). The number of hydrogen-bond acceptors (Lipinski definition) is 5. The number of hydrogen-bond donors (Lipinski definition) is 3. The number of cyclic esters (lactones) is 1. The zero-order chi connectivity index (χ0) is 10.2. The minimum absolute atomic E-state index is 0.0165. The lowest BCUT2D eigenvalue weighted by atomic mass is 10.0. The minimum Gasteiger partial charge on any atom is -0.426 e. The number of allylic oxidation sites excluding steroid dienone is 1. The average molecular weight is 188 g/mol. The highest BCUT2D eigenvalue weighted by atomic mass is 16.6. The molecule has 13 heavy (non-hydrogen) atoms. The third kappa shape index (κ3) is 1.72. The van der Waals surface area contributed by atoms with Crippen molar-refractivity contribution >= 4 is 5.97 Å². The van der Waals surface area contributed by atoms with Crippen LogP contribution in [0, 0.1) is 0 Å². The fourth-order valence-electron chi connectivity index (χ4n) is 1.09. The molecule has 1 aliphatic rings. The zero-order valence-electron chi connectivity index (χ0n) is 7.39. The summed E-state index contributed by atoms with van der Waals surface area (Å²) in [5.41, 5.74) is 0.590. The molecule has 0 aromatic rings. The maximum absolute atomic E-state index is 10.9. The Kier molecular flexibility index (Phi) is 2.70. The quantitative estimate of drug-likeness (QED) is 0.421. The molecule has 0 unspecified atom stereocenters. The summed E-state index contributed by atoms with van der Waals surface area (Å²) in [4.78, 5) is 10.9. The minimum atomic E-state index is -1.67. The van der Waals surface area contributed by atoms with E-state index in [9.17, 15) is 15.0 Å². The highest BCUT2D eigenvalue weighted by Crippen LogP contribution is 2.22. The summed E-state index contributed by atoms with van der Waals surface area (Å²) >= 11 is 0. The zero-order valence-corrected chi connectivity index (χ0v) is 7.39. The number of esters is 1. The van der Waals surface area contributed by atoms with Gasteiger partial charge in [-0.05, 0) is 19.4 Å². The molecule has 0 aromatic carbocycles. The molecule has 3 N–H and O–H groups in total. The number of aliphatic hydroxyl groups excluding tert-OH is 3. The Morgan fingerprint density at radius 1 is 1.23 bits per heavy atom. The van der Waals surface area contributed by atoms with Gasteiger partial charge in [0.2, 0.25) is 0 Å². The van der Waals surface area contributed by atoms with Gasteiger partial charge >= 0.3 is 5.97 Å². The van der Waals surface area contributed by atoms with E-state index in [1.54, 1.807) is 13.8 Å². The van der Waals surface area contributed by atoms with Crippen LogP contribution in [0.3, 0.4) is 0 Å². The summed E-state index contributed by atoms with van der Waals surface area (Å²) in [7, 11) is 0. The summed E-state index contributed by atoms with van der Waals surface area (Å²) in [6, 6.07) is 0. The van der Waals surface area contributed by atoms with E-state index in [2.05, 4.69) is 4.74 Å². The van der Waals surface area contributed by atoms with Crippen molar-refractivity contribution in [2.24, 2.45) is 0 Å². The highest BCUT2D eigenvalue weighted by Gasteiger charge is 2.40. The molecular formula is C8H12O5. The van der Waals surface area contributed by atoms with Crippen molar-refractivity contribution in [3.63, 3.8) is 0 Å². The van der Waals surface area contributed by atoms with Crippen LogP contribution in [0.1, 0.15) is 13.8 Å². The van der Waals surface area contributed by atoms with Crippen LogP contribution < -0.4 is 0 Å². The lowest BCUT2D eigenvalue weighted by Gasteiger charge is -2.29. The standard InChI is InChI=1S/C8H12O5/c1-3(2)7-5(10)4(9)6(11)8(12)13-7/h4-6,9-11H,1-2H3/t4-,5+,6+/m1/s1. The van der Waals surface area contributed by atoms with Gasteiger partial charge in [0.25, 0.3) is 0 Å². The maximum Gasteiger partial charge on any atom is 0.342 e. The van der Waals surface area contributed by atoms with E-state index in [0.29, 0.717) is 5.57 Å². The van der Waals surface area contributed by atoms with Gasteiger partial charge in [0.15, 0.2) is 6.10 Å². The smallest absolute Gasteiger partial charge is 0.342 e. The van der Waals surface area contributed by atoms with Gasteiger partial charge in [-0.2, -0.15) is 0 Å². The Bertz CT molecular complexity index is 253. The van der Waals surface area contributed by atoms with Crippen LogP contribution in [0.25, 0.3) is 0 Å². The van der Waals surface area contributed by atoms with Crippen LogP contribution in [-0.2, 0) is 9.53 Å². The lowest BCUT2D eigenvalue weighted by Crippen LogP contribution is -2.49. The van der Waals surface area contributed by atoms with Gasteiger partial charge in [-0.1, -0.05) is 0 Å². The van der Waals surface area contributed by atoms with Gasteiger partial charge in [-0.25, -0.2) is 4.79 Å². The maximum atomic E-state index is 10.9. The highest BCUT2D eigenvalue weighted by molar-refractivity contribution is 5.78. The Balaban J connectivity index is 2.96. The van der Waals surface area contributed by atoms with Crippen molar-refractivity contribution in [1.82, 2.24) is 0 Å². The summed E-state index contributed by atoms with van der Waals surface area (Å²) < 4.78 is 4.62. The number of rotatable bonds is 0. The molecule has 74 valence electrons. The second-order valence-corrected chi connectivity index (χ2v) is 3.17. The van der Waals surface area contributed by atoms with Gasteiger partial charge in [-0.3, -0.25) is 0 Å². The molecule has 0 amide bonds. The van der Waals surface area contributed by atoms with E-state index in [-0.39, 0.29) is 5.76 Å². The van der Waals surface area contributed by atoms with Crippen LogP contribution in [0.15, 0.2) is 11.3 Å². The van der Waals surface area contributed by atoms with Gasteiger partial charge in [-0.15, -0.1) is 0 Å². The first-order chi connectivity index (χ1) is 5.95. The number of carbonyl (C=O) groups is 1. The molecule has 0 aromatic heterocycles. The molecule has 0 aliphatic carbocycles. The molecule has 0 bridgehead atoms. The Morgan fingerprint density at radius 3 is 2.23 bits per heavy atom. The first-order valence-electron chi connectivity index (χ1n) is 3.88. The molecule has 1 saturated heterocycles. The number of aliphatic hydroxyl groups is 3. The molecule has 1 aliphatic heterocycles. The lowest BCUT2D eigenvalue weighted by molar-refractivity contribution is -0.174. The summed E-state index contributed by atoms with van der Waals surface area (Å²) in [5, 5.41) is 27.6. The van der Waals surface area contributed by atoms with Crippen LogP contribution in [0.5, 0.6) is 0 Å². The van der Waals surface area contributed by atoms with Crippen molar-refractivity contribution in [3.05, 3.63) is 11.3 Å². The first-order valence-corrected chi connectivity index (χ1v) is 3.88. The normalized spacial score (nSPS) is 34.4. The fraction of sp³-hybridized carbons (Fsp3) is 0.625. The largest absolute Gasteiger partial charge is 0.426 e. The van der Waals surface area contributed by atoms with Gasteiger partial charge in [0.1, 0.15) is 18.0 Å². The molecule has 0 spiro atoms. The molecular weight excluding hydrogens is 176 g/mol. The Morgan fingerprint density at radius 2 is 1.77 bits per heavy atom. The van der Waals surface area contributed by atoms with Gasteiger partial charge in [0.05, 0.1) is 0 Å². The van der Waals surface area contributed by atoms with Gasteiger partial charge < -0.3 is 20.1 Å². The number of ether oxygens (including phenoxy) is 1. The van der Waals surface area contributed by atoms with Crippen LogP contribution in [0.2, 0.25) is 0 Å². The van der Waals surface area contributed by atoms with Crippen LogP contribution in [0.4, 0.5) is 0 Å². The third-order valence-electron chi connectivity index (χ3n) is 1.86. The Hall–Kier alpha value is -0.910. The topological polar surface area (TPSA) is 87.0 Å². The second kappa shape index (κ2) is 3.45. The molecule has 5 nitrogen and oxygen atoms in total. The summed E-state index contributed by atoms with van der Waals surface area (Å²) in [6.45, 7) is 3.27. The number of carbonyl (C=O) groups excluding carboxylic acids is 1. The van der Waals surface area contributed by atoms with Crippen molar-refractivity contribution in [2.45, 2.75) is 32.2 Å². The molecule has 3 atom stereocenters. The van der Waals surface area contributed by atoms with Crippen molar-refractivity contribution in [3.8, 4) is 0 Å². The van der Waals surface area contributed by atoms with E-state index in [1.807, 2.05) is 0 Å². The molecule has 0 saturated carbocycles. The molecule has 0 radical (unpaired) electrons. The molecule has 1 fully saturated rings. The Labute approximate surface area is 75.3 Å². The van der Waals surface area contributed by atoms with Crippen molar-refractivity contribution in [1.29, 1.82) is 0 Å². The average Bonchev–Trinajstić information content (AvgIpc) is 2.07. The molecule has 1 heterocycles. The van der Waals surface area contributed by atoms with E-state index >= 15 is 0 Å². The summed E-state index contributed by atoms with van der Waals surface area (Å²) in [5.74, 6) is -0.920.